The second-order valence-electron chi connectivity index (χ2n) is 5.93. The van der Waals surface area contributed by atoms with Crippen LogP contribution in [0.3, 0.4) is 0 Å². The molecule has 2 aromatic heterocycles. The SMILES string of the molecule is Nc1ncnc2c1ncn2C1OC(COP(=O)([O-])OP(=O)([O-])OP(=O)([O-])[O-])C(O)C1O.[Ba+2].[Ba+2]. The van der Waals surface area contributed by atoms with Crippen molar-refractivity contribution >= 4 is 138 Å². The number of hydrogen-bond donors (Lipinski definition) is 3. The number of phosphoric ester groups is 1. The molecule has 3 rings (SSSR count). The summed E-state index contributed by atoms with van der Waals surface area (Å²) in [5.41, 5.74) is 5.92. The molecule has 6 atom stereocenters. The van der Waals surface area contributed by atoms with Crippen molar-refractivity contribution in [2.45, 2.75) is 24.5 Å². The number of nitrogen functional groups attached to an aromatic ring is 1. The Morgan fingerprint density at radius 2 is 1.67 bits per heavy atom. The first-order chi connectivity index (χ1) is 14.2. The number of imidazole rings is 1. The fraction of sp³-hybridized carbons (Fsp3) is 0.500. The van der Waals surface area contributed by atoms with Crippen LogP contribution in [0.4, 0.5) is 5.82 Å². The zero-order valence-electron chi connectivity index (χ0n) is 16.2. The van der Waals surface area contributed by atoms with Gasteiger partial charge in [0, 0.05) is 0 Å². The van der Waals surface area contributed by atoms with E-state index in [0.717, 1.165) is 12.7 Å². The molecule has 18 nitrogen and oxygen atoms in total. The molecule has 33 heavy (non-hydrogen) atoms. The fourth-order valence-corrected chi connectivity index (χ4v) is 5.47. The Balaban J connectivity index is 0.00000272. The van der Waals surface area contributed by atoms with Gasteiger partial charge in [-0.3, -0.25) is 18.0 Å². The molecule has 0 bridgehead atoms. The molecule has 0 radical (unpaired) electrons. The molecule has 0 aliphatic carbocycles. The molecule has 6 unspecified atom stereocenters. The first kappa shape index (κ1) is 32.8. The van der Waals surface area contributed by atoms with E-state index in [-0.39, 0.29) is 115 Å². The van der Waals surface area contributed by atoms with Gasteiger partial charge in [-0.05, 0) is 0 Å². The van der Waals surface area contributed by atoms with E-state index >= 15 is 0 Å². The first-order valence-electron chi connectivity index (χ1n) is 7.85. The predicted molar refractivity (Wildman–Crippen MR) is 98.1 cm³/mol. The number of rotatable bonds is 8. The number of anilines is 1. The summed E-state index contributed by atoms with van der Waals surface area (Å²) in [6.45, 7) is -1.08. The molecule has 0 aromatic carbocycles. The quantitative estimate of drug-likeness (QED) is 0.167. The minimum absolute atomic E-state index is 0. The Labute approximate surface area is 264 Å². The minimum Gasteiger partial charge on any atom is -0.790 e. The summed E-state index contributed by atoms with van der Waals surface area (Å²) in [5, 5.41) is 20.3. The number of ether oxygens (including phenoxy) is 1. The average molecular weight is 778 g/mol. The van der Waals surface area contributed by atoms with Gasteiger partial charge in [0.2, 0.25) is 0 Å². The van der Waals surface area contributed by atoms with Crippen LogP contribution in [0.1, 0.15) is 6.23 Å². The summed E-state index contributed by atoms with van der Waals surface area (Å²) in [5.74, 6) is 0.0195. The number of aromatic nitrogens is 4. The van der Waals surface area contributed by atoms with Crippen molar-refractivity contribution < 1.29 is 61.4 Å². The molecule has 4 N–H and O–H groups in total. The van der Waals surface area contributed by atoms with E-state index in [1.165, 1.54) is 4.57 Å². The Hall–Kier alpha value is 1.78. The number of fused-ring (bicyclic) bond motifs is 1. The molecule has 1 saturated heterocycles. The predicted octanol–water partition coefficient (Wildman–Crippen LogP) is -4.92. The maximum atomic E-state index is 11.6. The van der Waals surface area contributed by atoms with Crippen LogP contribution >= 0.6 is 23.5 Å². The normalized spacial score (nSPS) is 26.7. The Morgan fingerprint density at radius 3 is 2.27 bits per heavy atom. The van der Waals surface area contributed by atoms with Crippen molar-refractivity contribution in [2.75, 3.05) is 12.3 Å². The van der Waals surface area contributed by atoms with Crippen molar-refractivity contribution in [1.82, 2.24) is 19.5 Å². The number of aliphatic hydroxyl groups is 2. The number of phosphoric acid groups is 3. The molecule has 1 aliphatic heterocycles. The standard InChI is InChI=1S/C10H16N5O13P3.2Ba/c11-8-5-9(13-2-12-8)15(3-14-5)10-7(17)6(16)4(26-10)1-25-30(21,22)28-31(23,24)27-29(18,19)20;;/h2-4,6-7,10,16-17H,1H2,(H,21,22)(H,23,24)(H2,11,12,13)(H2,18,19,20);;/q;2*+2/p-4. The summed E-state index contributed by atoms with van der Waals surface area (Å²) >= 11 is 0. The maximum absolute atomic E-state index is 11.6. The zero-order chi connectivity index (χ0) is 23.2. The smallest absolute Gasteiger partial charge is 0.790 e. The first-order valence-corrected chi connectivity index (χ1v) is 12.2. The van der Waals surface area contributed by atoms with Gasteiger partial charge in [0.1, 0.15) is 30.2 Å². The summed E-state index contributed by atoms with van der Waals surface area (Å²) in [7, 11) is -18.1. The van der Waals surface area contributed by atoms with E-state index < -0.39 is 54.6 Å². The van der Waals surface area contributed by atoms with Gasteiger partial charge in [-0.15, -0.1) is 0 Å². The van der Waals surface area contributed by atoms with Gasteiger partial charge in [0.15, 0.2) is 17.7 Å². The molecular formula is C10H12Ba2N5O13P3. The molecule has 23 heteroatoms. The van der Waals surface area contributed by atoms with Gasteiger partial charge in [-0.25, -0.2) is 19.3 Å². The van der Waals surface area contributed by atoms with Gasteiger partial charge in [-0.1, -0.05) is 0 Å². The van der Waals surface area contributed by atoms with E-state index in [0.29, 0.717) is 0 Å². The van der Waals surface area contributed by atoms with Crippen LogP contribution in [0.2, 0.25) is 0 Å². The number of aliphatic hydroxyl groups excluding tert-OH is 2. The summed E-state index contributed by atoms with van der Waals surface area (Å²) < 4.78 is 50.2. The third kappa shape index (κ3) is 8.66. The number of hydrogen-bond acceptors (Lipinski definition) is 17. The molecule has 0 saturated carbocycles. The molecule has 0 spiro atoms. The Morgan fingerprint density at radius 1 is 1.03 bits per heavy atom. The molecule has 1 aliphatic rings. The van der Waals surface area contributed by atoms with Crippen molar-refractivity contribution in [3.8, 4) is 0 Å². The fourth-order valence-electron chi connectivity index (χ4n) is 2.60. The molecule has 1 fully saturated rings. The average Bonchev–Trinajstić information content (AvgIpc) is 3.13. The van der Waals surface area contributed by atoms with Gasteiger partial charge >= 0.3 is 97.8 Å². The van der Waals surface area contributed by atoms with Gasteiger partial charge in [0.25, 0.3) is 15.6 Å². The second kappa shape index (κ2) is 12.6. The van der Waals surface area contributed by atoms with E-state index in [2.05, 4.69) is 28.1 Å². The van der Waals surface area contributed by atoms with Crippen molar-refractivity contribution in [3.05, 3.63) is 12.7 Å². The van der Waals surface area contributed by atoms with E-state index in [1.807, 2.05) is 0 Å². The molecule has 174 valence electrons. The van der Waals surface area contributed by atoms with Gasteiger partial charge in [-0.2, -0.15) is 0 Å². The third-order valence-corrected chi connectivity index (χ3v) is 7.46. The van der Waals surface area contributed by atoms with E-state index in [4.69, 9.17) is 10.5 Å². The largest absolute Gasteiger partial charge is 2.00 e. The van der Waals surface area contributed by atoms with Crippen LogP contribution in [0.25, 0.3) is 11.2 Å². The molecule has 2 aromatic rings. The Bertz CT molecular complexity index is 1120. The van der Waals surface area contributed by atoms with Crippen LogP contribution in [0.15, 0.2) is 12.7 Å². The number of nitrogens with zero attached hydrogens (tertiary/aromatic N) is 4. The van der Waals surface area contributed by atoms with Crippen LogP contribution in [-0.4, -0.2) is 152 Å². The van der Waals surface area contributed by atoms with Crippen LogP contribution in [0.5, 0.6) is 0 Å². The van der Waals surface area contributed by atoms with Crippen molar-refractivity contribution in [2.24, 2.45) is 0 Å². The zero-order valence-corrected chi connectivity index (χ0v) is 27.7. The molecule has 0 amide bonds. The second-order valence-corrected chi connectivity index (χ2v) is 10.2. The third-order valence-electron chi connectivity index (χ3n) is 3.80. The van der Waals surface area contributed by atoms with E-state index in [1.54, 1.807) is 0 Å². The van der Waals surface area contributed by atoms with Crippen molar-refractivity contribution in [1.29, 1.82) is 0 Å². The molecular weight excluding hydrogens is 766 g/mol. The topological polar surface area (TPSA) is 290 Å². The van der Waals surface area contributed by atoms with Gasteiger partial charge < -0.3 is 49.3 Å². The number of nitrogens with two attached hydrogens (primary N) is 1. The monoisotopic (exact) mass is 779 g/mol. The molecule has 3 heterocycles. The van der Waals surface area contributed by atoms with Crippen molar-refractivity contribution in [3.63, 3.8) is 0 Å². The summed E-state index contributed by atoms with van der Waals surface area (Å²) in [6, 6.07) is 0. The van der Waals surface area contributed by atoms with Crippen LogP contribution in [0, 0.1) is 0 Å². The van der Waals surface area contributed by atoms with Crippen LogP contribution < -0.4 is 25.3 Å². The summed E-state index contributed by atoms with van der Waals surface area (Å²) in [4.78, 5) is 54.9. The summed E-state index contributed by atoms with van der Waals surface area (Å²) in [6.07, 6.45) is -3.99. The maximum Gasteiger partial charge on any atom is 2.00 e. The van der Waals surface area contributed by atoms with Crippen LogP contribution in [-0.2, 0) is 31.6 Å². The van der Waals surface area contributed by atoms with Gasteiger partial charge in [0.05, 0.1) is 20.8 Å². The Kier molecular flexibility index (Phi) is 12.5. The minimum atomic E-state index is -6.14. The van der Waals surface area contributed by atoms with E-state index in [9.17, 15) is 43.5 Å².